The van der Waals surface area contributed by atoms with E-state index in [-0.39, 0.29) is 35.2 Å². The van der Waals surface area contributed by atoms with E-state index in [9.17, 15) is 19.7 Å². The minimum Gasteiger partial charge on any atom is -0.479 e. The molecule has 1 atom stereocenters. The van der Waals surface area contributed by atoms with Crippen LogP contribution in [0.2, 0.25) is 5.02 Å². The monoisotopic (exact) mass is 579 g/mol. The van der Waals surface area contributed by atoms with Crippen LogP contribution in [0.5, 0.6) is 5.75 Å². The summed E-state index contributed by atoms with van der Waals surface area (Å²) in [4.78, 5) is 42.3. The molecule has 0 spiro atoms. The molecule has 0 radical (unpaired) electrons. The van der Waals surface area contributed by atoms with E-state index < -0.39 is 16.9 Å². The highest BCUT2D eigenvalue weighted by molar-refractivity contribution is 7.07. The first-order valence-electron chi connectivity index (χ1n) is 12.2. The van der Waals surface area contributed by atoms with Crippen LogP contribution in [-0.2, 0) is 16.1 Å². The molecular weight excluding hydrogens is 558 g/mol. The molecule has 1 aliphatic heterocycles. The zero-order valence-corrected chi connectivity index (χ0v) is 22.9. The van der Waals surface area contributed by atoms with Gasteiger partial charge in [-0.2, -0.15) is 0 Å². The molecule has 0 aliphatic carbocycles. The third-order valence-corrected chi connectivity index (χ3v) is 7.29. The van der Waals surface area contributed by atoms with Crippen LogP contribution in [0.15, 0.2) is 86.1 Å². The Morgan fingerprint density at radius 1 is 1.23 bits per heavy atom. The molecule has 0 amide bonds. The lowest BCUT2D eigenvalue weighted by atomic mass is 9.96. The predicted octanol–water partition coefficient (Wildman–Crippen LogP) is 4.53. The van der Waals surface area contributed by atoms with Gasteiger partial charge < -0.3 is 13.9 Å². The van der Waals surface area contributed by atoms with Crippen LogP contribution in [0.25, 0.3) is 6.08 Å². The number of hydrogen-bond acceptors (Lipinski definition) is 9. The van der Waals surface area contributed by atoms with Crippen molar-refractivity contribution in [3.05, 3.63) is 124 Å². The van der Waals surface area contributed by atoms with Gasteiger partial charge in [0.25, 0.3) is 5.56 Å². The maximum absolute atomic E-state index is 13.6. The molecule has 2 aromatic heterocycles. The predicted molar refractivity (Wildman–Crippen MR) is 148 cm³/mol. The average molecular weight is 580 g/mol. The number of allylic oxidation sites excluding steroid dienone is 1. The second-order valence-electron chi connectivity index (χ2n) is 8.67. The molecule has 10 nitrogen and oxygen atoms in total. The second-order valence-corrected chi connectivity index (χ2v) is 10.1. The first-order chi connectivity index (χ1) is 19.3. The van der Waals surface area contributed by atoms with Gasteiger partial charge in [-0.25, -0.2) is 9.79 Å². The number of ether oxygens (including phenoxy) is 2. The first-order valence-corrected chi connectivity index (χ1v) is 13.4. The Labute approximate surface area is 236 Å². The first kappa shape index (κ1) is 27.1. The Morgan fingerprint density at radius 2 is 2.00 bits per heavy atom. The molecule has 2 aromatic carbocycles. The number of fused-ring (bicyclic) bond motifs is 1. The van der Waals surface area contributed by atoms with E-state index >= 15 is 0 Å². The minimum atomic E-state index is -0.700. The molecule has 5 rings (SSSR count). The van der Waals surface area contributed by atoms with E-state index in [1.165, 1.54) is 34.1 Å². The number of carbonyl (C=O) groups excluding carboxylic acids is 1. The van der Waals surface area contributed by atoms with Crippen LogP contribution >= 0.6 is 22.9 Å². The van der Waals surface area contributed by atoms with Crippen LogP contribution in [0.4, 0.5) is 5.69 Å². The van der Waals surface area contributed by atoms with Gasteiger partial charge in [-0.3, -0.25) is 19.5 Å². The van der Waals surface area contributed by atoms with E-state index in [0.29, 0.717) is 32.1 Å². The smallest absolute Gasteiger partial charge is 0.338 e. The van der Waals surface area contributed by atoms with E-state index in [0.717, 1.165) is 5.56 Å². The number of benzene rings is 2. The zero-order chi connectivity index (χ0) is 28.4. The Hall–Kier alpha value is -4.48. The molecule has 0 unspecified atom stereocenters. The number of furan rings is 1. The molecule has 1 aliphatic rings. The number of esters is 1. The third kappa shape index (κ3) is 5.33. The lowest BCUT2D eigenvalue weighted by Crippen LogP contribution is -2.39. The maximum Gasteiger partial charge on any atom is 0.338 e. The maximum atomic E-state index is 13.6. The molecular formula is C28H22ClN3O7S. The normalized spacial score (nSPS) is 15.0. The lowest BCUT2D eigenvalue weighted by Gasteiger charge is -2.24. The molecule has 0 fully saturated rings. The molecule has 3 heterocycles. The van der Waals surface area contributed by atoms with Crippen molar-refractivity contribution in [2.45, 2.75) is 26.5 Å². The van der Waals surface area contributed by atoms with Crippen molar-refractivity contribution >= 4 is 40.7 Å². The van der Waals surface area contributed by atoms with Gasteiger partial charge in [0, 0.05) is 17.2 Å². The van der Waals surface area contributed by atoms with Gasteiger partial charge in [-0.1, -0.05) is 53.3 Å². The number of halogens is 1. The fourth-order valence-corrected chi connectivity index (χ4v) is 5.52. The number of nitro groups is 1. The number of hydrogen-bond donors (Lipinski definition) is 0. The Kier molecular flexibility index (Phi) is 7.67. The van der Waals surface area contributed by atoms with Crippen LogP contribution < -0.4 is 19.6 Å². The Morgan fingerprint density at radius 3 is 2.73 bits per heavy atom. The Balaban J connectivity index is 1.48. The fourth-order valence-electron chi connectivity index (χ4n) is 4.33. The quantitative estimate of drug-likeness (QED) is 0.170. The molecule has 0 N–H and O–H groups in total. The van der Waals surface area contributed by atoms with Gasteiger partial charge in [0.1, 0.15) is 18.1 Å². The summed E-state index contributed by atoms with van der Waals surface area (Å²) in [7, 11) is 0. The number of aromatic nitrogens is 1. The standard InChI is InChI=1S/C28H22ClN3O7S/c1-3-37-27(34)24-16(2)30-28-31(25(24)17-7-5-4-6-8-17)26(33)23(40-28)14-19-10-11-20(39-19)15-38-22-12-9-18(29)13-21(22)32(35)36/h4-14,25H,3,15H2,1-2H3/b23-14-/t25-/m0/s1. The molecule has 12 heteroatoms. The summed E-state index contributed by atoms with van der Waals surface area (Å²) in [6.07, 6.45) is 1.59. The second kappa shape index (κ2) is 11.3. The lowest BCUT2D eigenvalue weighted by molar-refractivity contribution is -0.385. The highest BCUT2D eigenvalue weighted by Crippen LogP contribution is 2.31. The number of nitro benzene ring substituents is 1. The largest absolute Gasteiger partial charge is 0.479 e. The van der Waals surface area contributed by atoms with Crippen molar-refractivity contribution < 1.29 is 23.6 Å². The fraction of sp³-hybridized carbons (Fsp3) is 0.179. The summed E-state index contributed by atoms with van der Waals surface area (Å²) in [6.45, 7) is 3.56. The number of nitrogens with zero attached hydrogens (tertiary/aromatic N) is 3. The van der Waals surface area contributed by atoms with Gasteiger partial charge >= 0.3 is 11.7 Å². The van der Waals surface area contributed by atoms with Gasteiger partial charge in [-0.05, 0) is 43.7 Å². The van der Waals surface area contributed by atoms with Crippen LogP contribution in [0.1, 0.15) is 37.0 Å². The zero-order valence-electron chi connectivity index (χ0n) is 21.3. The van der Waals surface area contributed by atoms with Crippen molar-refractivity contribution in [2.24, 2.45) is 4.99 Å². The molecule has 0 saturated heterocycles. The van der Waals surface area contributed by atoms with Crippen molar-refractivity contribution in [1.29, 1.82) is 0 Å². The summed E-state index contributed by atoms with van der Waals surface area (Å²) >= 11 is 7.03. The van der Waals surface area contributed by atoms with Crippen molar-refractivity contribution in [3.8, 4) is 5.75 Å². The van der Waals surface area contributed by atoms with Crippen molar-refractivity contribution in [1.82, 2.24) is 4.57 Å². The van der Waals surface area contributed by atoms with Gasteiger partial charge in [-0.15, -0.1) is 0 Å². The summed E-state index contributed by atoms with van der Waals surface area (Å²) < 4.78 is 18.5. The molecule has 40 heavy (non-hydrogen) atoms. The van der Waals surface area contributed by atoms with Gasteiger partial charge in [0.05, 0.1) is 33.4 Å². The number of thiazole rings is 1. The van der Waals surface area contributed by atoms with Crippen LogP contribution in [0.3, 0.4) is 0 Å². The SMILES string of the molecule is CCOC(=O)C1=C(C)N=c2s/c(=C\c3ccc(COc4ccc(Cl)cc4[N+](=O)[O-])o3)c(=O)n2[C@H]1c1ccccc1. The summed E-state index contributed by atoms with van der Waals surface area (Å²) in [5.41, 5.74) is 0.944. The highest BCUT2D eigenvalue weighted by Gasteiger charge is 2.33. The van der Waals surface area contributed by atoms with Gasteiger partial charge in [0.2, 0.25) is 0 Å². The third-order valence-electron chi connectivity index (χ3n) is 6.08. The van der Waals surface area contributed by atoms with Crippen LogP contribution in [-0.4, -0.2) is 22.1 Å². The molecule has 204 valence electrons. The summed E-state index contributed by atoms with van der Waals surface area (Å²) in [5, 5.41) is 11.5. The highest BCUT2D eigenvalue weighted by atomic mass is 35.5. The Bertz CT molecular complexity index is 1820. The average Bonchev–Trinajstić information content (AvgIpc) is 3.51. The molecule has 4 aromatic rings. The van der Waals surface area contributed by atoms with Crippen molar-refractivity contribution in [2.75, 3.05) is 6.61 Å². The van der Waals surface area contributed by atoms with E-state index in [1.54, 1.807) is 32.1 Å². The number of rotatable bonds is 8. The summed E-state index contributed by atoms with van der Waals surface area (Å²) in [6, 6.07) is 16.0. The van der Waals surface area contributed by atoms with Crippen molar-refractivity contribution in [3.63, 3.8) is 0 Å². The minimum absolute atomic E-state index is 0.0503. The molecule has 0 saturated carbocycles. The van der Waals surface area contributed by atoms with E-state index in [2.05, 4.69) is 4.99 Å². The summed E-state index contributed by atoms with van der Waals surface area (Å²) in [5.74, 6) is 0.302. The van der Waals surface area contributed by atoms with E-state index in [1.807, 2.05) is 30.3 Å². The number of carbonyl (C=O) groups is 1. The topological polar surface area (TPSA) is 126 Å². The van der Waals surface area contributed by atoms with Gasteiger partial charge in [0.15, 0.2) is 10.6 Å². The molecule has 0 bridgehead atoms. The van der Waals surface area contributed by atoms with Crippen LogP contribution in [0, 0.1) is 10.1 Å². The van der Waals surface area contributed by atoms with E-state index in [4.69, 9.17) is 25.5 Å².